The van der Waals surface area contributed by atoms with Crippen LogP contribution in [0.1, 0.15) is 34.5 Å². The van der Waals surface area contributed by atoms with Crippen molar-refractivity contribution >= 4 is 29.1 Å². The number of benzene rings is 3. The number of aromatic amines is 1. The molecule has 2 atom stereocenters. The van der Waals surface area contributed by atoms with Crippen LogP contribution in [-0.2, 0) is 9.59 Å². The molecule has 2 aliphatic heterocycles. The molecule has 1 N–H and O–H groups in total. The SMILES string of the molecule is CC(C(=O)N1CCN(C=O)CC1)N1C(=O)c2ccccc2C1c1c(-c2ccccc2)[nH]c2ccccc12. The standard InChI is InChI=1S/C30H28N4O3/c1-20(29(36)33-17-15-32(19-35)16-18-33)34-28(22-11-5-6-12-23(22)30(34)37)26-24-13-7-8-14-25(24)31-27(26)21-9-3-2-4-10-21/h2-14,19-20,28,31H,15-18H2,1H3. The minimum Gasteiger partial charge on any atom is -0.354 e. The van der Waals surface area contributed by atoms with E-state index in [-0.39, 0.29) is 11.8 Å². The summed E-state index contributed by atoms with van der Waals surface area (Å²) in [6.07, 6.45) is 0.823. The Morgan fingerprint density at radius 1 is 0.919 bits per heavy atom. The van der Waals surface area contributed by atoms with Gasteiger partial charge < -0.3 is 19.7 Å². The van der Waals surface area contributed by atoms with E-state index in [9.17, 15) is 14.4 Å². The highest BCUT2D eigenvalue weighted by Gasteiger charge is 2.45. The first-order chi connectivity index (χ1) is 18.1. The van der Waals surface area contributed by atoms with Crippen molar-refractivity contribution < 1.29 is 14.4 Å². The van der Waals surface area contributed by atoms with E-state index in [1.165, 1.54) is 0 Å². The molecule has 2 unspecified atom stereocenters. The summed E-state index contributed by atoms with van der Waals surface area (Å²) < 4.78 is 0. The molecule has 0 saturated carbocycles. The Bertz CT molecular complexity index is 1490. The van der Waals surface area contributed by atoms with Gasteiger partial charge in [-0.3, -0.25) is 14.4 Å². The number of fused-ring (bicyclic) bond motifs is 2. The number of H-pyrrole nitrogens is 1. The van der Waals surface area contributed by atoms with Crippen molar-refractivity contribution in [3.05, 3.63) is 95.6 Å². The Hall–Kier alpha value is -4.39. The van der Waals surface area contributed by atoms with Crippen LogP contribution in [0, 0.1) is 0 Å². The Kier molecular flexibility index (Phi) is 5.75. The van der Waals surface area contributed by atoms with Gasteiger partial charge in [0.15, 0.2) is 0 Å². The monoisotopic (exact) mass is 492 g/mol. The third kappa shape index (κ3) is 3.78. The number of amides is 3. The van der Waals surface area contributed by atoms with Crippen molar-refractivity contribution in [3.8, 4) is 11.3 Å². The molecular formula is C30H28N4O3. The third-order valence-corrected chi connectivity index (χ3v) is 7.63. The molecule has 3 heterocycles. The van der Waals surface area contributed by atoms with E-state index < -0.39 is 12.1 Å². The number of rotatable bonds is 5. The molecule has 1 saturated heterocycles. The molecule has 3 amide bonds. The van der Waals surface area contributed by atoms with Crippen LogP contribution >= 0.6 is 0 Å². The number of nitrogens with one attached hydrogen (secondary N) is 1. The fourth-order valence-corrected chi connectivity index (χ4v) is 5.74. The topological polar surface area (TPSA) is 76.7 Å². The Morgan fingerprint density at radius 2 is 1.59 bits per heavy atom. The lowest BCUT2D eigenvalue weighted by atomic mass is 9.92. The van der Waals surface area contributed by atoms with Gasteiger partial charge in [-0.2, -0.15) is 0 Å². The number of carbonyl (C=O) groups excluding carboxylic acids is 3. The van der Waals surface area contributed by atoms with Crippen molar-refractivity contribution in [2.24, 2.45) is 0 Å². The maximum absolute atomic E-state index is 13.9. The van der Waals surface area contributed by atoms with Crippen LogP contribution in [0.3, 0.4) is 0 Å². The van der Waals surface area contributed by atoms with E-state index in [0.29, 0.717) is 31.7 Å². The molecule has 3 aromatic carbocycles. The quantitative estimate of drug-likeness (QED) is 0.427. The first-order valence-electron chi connectivity index (χ1n) is 12.6. The molecule has 0 spiro atoms. The van der Waals surface area contributed by atoms with E-state index in [2.05, 4.69) is 23.2 Å². The summed E-state index contributed by atoms with van der Waals surface area (Å²) in [5.41, 5.74) is 5.47. The molecule has 37 heavy (non-hydrogen) atoms. The normalized spacial score (nSPS) is 18.2. The van der Waals surface area contributed by atoms with Crippen molar-refractivity contribution in [1.29, 1.82) is 0 Å². The van der Waals surface area contributed by atoms with Crippen LogP contribution in [0.5, 0.6) is 0 Å². The van der Waals surface area contributed by atoms with E-state index in [1.54, 1.807) is 14.7 Å². The predicted octanol–water partition coefficient (Wildman–Crippen LogP) is 4.07. The Labute approximate surface area is 215 Å². The molecular weight excluding hydrogens is 464 g/mol. The molecule has 186 valence electrons. The van der Waals surface area contributed by atoms with E-state index >= 15 is 0 Å². The van der Waals surface area contributed by atoms with Gasteiger partial charge >= 0.3 is 0 Å². The highest BCUT2D eigenvalue weighted by Crippen LogP contribution is 2.46. The summed E-state index contributed by atoms with van der Waals surface area (Å²) in [6.45, 7) is 3.75. The molecule has 0 bridgehead atoms. The highest BCUT2D eigenvalue weighted by molar-refractivity contribution is 6.04. The van der Waals surface area contributed by atoms with Gasteiger partial charge in [-0.05, 0) is 30.2 Å². The van der Waals surface area contributed by atoms with Gasteiger partial charge in [-0.1, -0.05) is 66.7 Å². The highest BCUT2D eigenvalue weighted by atomic mass is 16.2. The fourth-order valence-electron chi connectivity index (χ4n) is 5.74. The largest absolute Gasteiger partial charge is 0.354 e. The molecule has 0 radical (unpaired) electrons. The van der Waals surface area contributed by atoms with E-state index in [1.807, 2.05) is 67.6 Å². The van der Waals surface area contributed by atoms with Crippen LogP contribution in [0.15, 0.2) is 78.9 Å². The van der Waals surface area contributed by atoms with Crippen molar-refractivity contribution in [2.45, 2.75) is 19.0 Å². The smallest absolute Gasteiger partial charge is 0.255 e. The summed E-state index contributed by atoms with van der Waals surface area (Å²) >= 11 is 0. The summed E-state index contributed by atoms with van der Waals surface area (Å²) in [5.74, 6) is -0.241. The average molecular weight is 493 g/mol. The van der Waals surface area contributed by atoms with Crippen LogP contribution in [0.2, 0.25) is 0 Å². The van der Waals surface area contributed by atoms with Crippen LogP contribution < -0.4 is 0 Å². The van der Waals surface area contributed by atoms with Crippen molar-refractivity contribution in [2.75, 3.05) is 26.2 Å². The minimum absolute atomic E-state index is 0.0993. The molecule has 7 nitrogen and oxygen atoms in total. The lowest BCUT2D eigenvalue weighted by Crippen LogP contribution is -2.54. The zero-order valence-corrected chi connectivity index (χ0v) is 20.6. The van der Waals surface area contributed by atoms with Crippen LogP contribution in [0.4, 0.5) is 0 Å². The van der Waals surface area contributed by atoms with Gasteiger partial charge in [0, 0.05) is 48.2 Å². The third-order valence-electron chi connectivity index (χ3n) is 7.63. The van der Waals surface area contributed by atoms with E-state index in [0.717, 1.165) is 39.7 Å². The summed E-state index contributed by atoms with van der Waals surface area (Å²) in [7, 11) is 0. The van der Waals surface area contributed by atoms with E-state index in [4.69, 9.17) is 0 Å². The number of carbonyl (C=O) groups is 3. The molecule has 4 aromatic rings. The molecule has 1 aromatic heterocycles. The maximum Gasteiger partial charge on any atom is 0.255 e. The van der Waals surface area contributed by atoms with Gasteiger partial charge in [-0.15, -0.1) is 0 Å². The van der Waals surface area contributed by atoms with Crippen LogP contribution in [0.25, 0.3) is 22.2 Å². The number of hydrogen-bond donors (Lipinski definition) is 1. The molecule has 7 heteroatoms. The average Bonchev–Trinajstić information content (AvgIpc) is 3.48. The molecule has 0 aliphatic carbocycles. The van der Waals surface area contributed by atoms with Crippen LogP contribution in [-0.4, -0.2) is 70.1 Å². The number of aromatic nitrogens is 1. The Morgan fingerprint density at radius 3 is 2.35 bits per heavy atom. The zero-order valence-electron chi connectivity index (χ0n) is 20.6. The maximum atomic E-state index is 13.9. The second-order valence-corrected chi connectivity index (χ2v) is 9.67. The lowest BCUT2D eigenvalue weighted by molar-refractivity contribution is -0.139. The summed E-state index contributed by atoms with van der Waals surface area (Å²) in [6, 6.07) is 24.8. The van der Waals surface area contributed by atoms with Gasteiger partial charge in [-0.25, -0.2) is 0 Å². The number of hydrogen-bond acceptors (Lipinski definition) is 3. The zero-order chi connectivity index (χ0) is 25.5. The molecule has 6 rings (SSSR count). The molecule has 1 fully saturated rings. The number of piperazine rings is 1. The minimum atomic E-state index is -0.676. The second-order valence-electron chi connectivity index (χ2n) is 9.67. The number of para-hydroxylation sites is 1. The first-order valence-corrected chi connectivity index (χ1v) is 12.6. The lowest BCUT2D eigenvalue weighted by Gasteiger charge is -2.38. The van der Waals surface area contributed by atoms with Crippen molar-refractivity contribution in [1.82, 2.24) is 19.7 Å². The fraction of sp³-hybridized carbons (Fsp3) is 0.233. The molecule has 2 aliphatic rings. The Balaban J connectivity index is 1.49. The van der Waals surface area contributed by atoms with Gasteiger partial charge in [0.1, 0.15) is 6.04 Å². The van der Waals surface area contributed by atoms with Gasteiger partial charge in [0.25, 0.3) is 5.91 Å². The van der Waals surface area contributed by atoms with Crippen molar-refractivity contribution in [3.63, 3.8) is 0 Å². The van der Waals surface area contributed by atoms with Gasteiger partial charge in [0.2, 0.25) is 12.3 Å². The second kappa shape index (κ2) is 9.24. The summed E-state index contributed by atoms with van der Waals surface area (Å²) in [4.78, 5) is 47.6. The summed E-state index contributed by atoms with van der Waals surface area (Å²) in [5, 5.41) is 1.03. The van der Waals surface area contributed by atoms with Gasteiger partial charge in [0.05, 0.1) is 11.7 Å². The first kappa shape index (κ1) is 23.0. The number of nitrogens with zero attached hydrogens (tertiary/aromatic N) is 3. The predicted molar refractivity (Wildman–Crippen MR) is 142 cm³/mol.